The summed E-state index contributed by atoms with van der Waals surface area (Å²) in [5.74, 6) is -0.915. The molecule has 48 heavy (non-hydrogen) atoms. The van der Waals surface area contributed by atoms with Gasteiger partial charge in [-0.25, -0.2) is 13.2 Å². The number of hydrogen-bond acceptors (Lipinski definition) is 1. The zero-order valence-electron chi connectivity index (χ0n) is 25.5. The summed E-state index contributed by atoms with van der Waals surface area (Å²) in [7, 11) is 0. The highest BCUT2D eigenvalue weighted by atomic mass is 19.1. The predicted octanol–water partition coefficient (Wildman–Crippen LogP) is 11.8. The van der Waals surface area contributed by atoms with Crippen molar-refractivity contribution < 1.29 is 13.2 Å². The van der Waals surface area contributed by atoms with Crippen LogP contribution in [0.4, 0.5) is 30.2 Å². The molecule has 7 aromatic carbocycles. The number of hydrogen-bond donors (Lipinski definition) is 0. The molecule has 0 amide bonds. The minimum Gasteiger partial charge on any atom is -0.309 e. The molecule has 2 aromatic heterocycles. The Hall–Kier alpha value is -6.27. The molecule has 0 unspecified atom stereocenters. The summed E-state index contributed by atoms with van der Waals surface area (Å²) in [5.41, 5.74) is 8.16. The quantitative estimate of drug-likeness (QED) is 0.185. The molecular weight excluding hydrogens is 603 g/mol. The van der Waals surface area contributed by atoms with Crippen LogP contribution in [0.2, 0.25) is 0 Å². The van der Waals surface area contributed by atoms with Crippen LogP contribution in [0.3, 0.4) is 0 Å². The van der Waals surface area contributed by atoms with E-state index in [0.29, 0.717) is 0 Å². The molecule has 2 heterocycles. The number of benzene rings is 7. The molecule has 0 bridgehead atoms. The first-order valence-corrected chi connectivity index (χ1v) is 15.7. The zero-order valence-corrected chi connectivity index (χ0v) is 25.5. The Morgan fingerprint density at radius 2 is 0.729 bits per heavy atom. The molecule has 0 aliphatic rings. The van der Waals surface area contributed by atoms with Crippen molar-refractivity contribution >= 4 is 60.7 Å². The van der Waals surface area contributed by atoms with Crippen molar-refractivity contribution in [1.82, 2.24) is 9.13 Å². The molecule has 0 aliphatic carbocycles. The van der Waals surface area contributed by atoms with E-state index >= 15 is 0 Å². The second kappa shape index (κ2) is 10.9. The second-order valence-electron chi connectivity index (χ2n) is 11.8. The second-order valence-corrected chi connectivity index (χ2v) is 11.8. The Labute approximate surface area is 273 Å². The van der Waals surface area contributed by atoms with Crippen LogP contribution < -0.4 is 4.90 Å². The van der Waals surface area contributed by atoms with Crippen molar-refractivity contribution in [2.75, 3.05) is 4.90 Å². The van der Waals surface area contributed by atoms with Gasteiger partial charge in [-0.2, -0.15) is 0 Å². The van der Waals surface area contributed by atoms with Gasteiger partial charge in [0.25, 0.3) is 0 Å². The van der Waals surface area contributed by atoms with E-state index in [4.69, 9.17) is 0 Å². The van der Waals surface area contributed by atoms with Gasteiger partial charge in [0.15, 0.2) is 0 Å². The molecule has 3 nitrogen and oxygen atoms in total. The zero-order chi connectivity index (χ0) is 32.4. The van der Waals surface area contributed by atoms with Gasteiger partial charge in [-0.1, -0.05) is 48.5 Å². The van der Waals surface area contributed by atoms with Crippen molar-refractivity contribution in [2.24, 2.45) is 0 Å². The molecule has 0 fully saturated rings. The van der Waals surface area contributed by atoms with Crippen LogP contribution in [0.5, 0.6) is 0 Å². The van der Waals surface area contributed by atoms with E-state index in [9.17, 15) is 13.2 Å². The molecule has 230 valence electrons. The van der Waals surface area contributed by atoms with Gasteiger partial charge in [-0.15, -0.1) is 0 Å². The van der Waals surface area contributed by atoms with Gasteiger partial charge in [0.1, 0.15) is 17.5 Å². The van der Waals surface area contributed by atoms with Crippen LogP contribution in [-0.4, -0.2) is 9.13 Å². The third kappa shape index (κ3) is 4.30. The summed E-state index contributed by atoms with van der Waals surface area (Å²) in [6.07, 6.45) is 0. The number of nitrogens with zero attached hydrogens (tertiary/aromatic N) is 3. The Morgan fingerprint density at radius 3 is 1.17 bits per heavy atom. The van der Waals surface area contributed by atoms with E-state index in [0.717, 1.165) is 72.0 Å². The highest BCUT2D eigenvalue weighted by Crippen LogP contribution is 2.47. The van der Waals surface area contributed by atoms with Gasteiger partial charge in [0.2, 0.25) is 0 Å². The fourth-order valence-corrected chi connectivity index (χ4v) is 7.11. The van der Waals surface area contributed by atoms with Crippen LogP contribution >= 0.6 is 0 Å². The number of halogens is 3. The summed E-state index contributed by atoms with van der Waals surface area (Å²) >= 11 is 0. The van der Waals surface area contributed by atoms with Crippen LogP contribution in [0.15, 0.2) is 158 Å². The maximum Gasteiger partial charge on any atom is 0.123 e. The lowest BCUT2D eigenvalue weighted by Gasteiger charge is -2.27. The molecule has 0 N–H and O–H groups in total. The Morgan fingerprint density at radius 1 is 0.354 bits per heavy atom. The molecular formula is C42H26F3N3. The minimum atomic E-state index is -0.323. The number of anilines is 3. The van der Waals surface area contributed by atoms with Gasteiger partial charge >= 0.3 is 0 Å². The average Bonchev–Trinajstić information content (AvgIpc) is 3.64. The minimum absolute atomic E-state index is 0.296. The van der Waals surface area contributed by atoms with Crippen molar-refractivity contribution in [3.05, 3.63) is 175 Å². The SMILES string of the molecule is Fc1ccc(N(c2cccc3c2c2ccccc2n3-c2ccc(F)cc2)c2cccc3c2c2ccccc2n3-c2ccc(F)cc2)cc1. The number of aromatic nitrogens is 2. The number of fused-ring (bicyclic) bond motifs is 6. The van der Waals surface area contributed by atoms with E-state index < -0.39 is 0 Å². The normalized spacial score (nSPS) is 11.6. The molecule has 0 spiro atoms. The van der Waals surface area contributed by atoms with Crippen molar-refractivity contribution in [3.8, 4) is 11.4 Å². The van der Waals surface area contributed by atoms with E-state index in [1.54, 1.807) is 36.4 Å². The summed E-state index contributed by atoms with van der Waals surface area (Å²) in [4.78, 5) is 2.19. The van der Waals surface area contributed by atoms with Crippen LogP contribution in [0, 0.1) is 17.5 Å². The molecule has 0 radical (unpaired) electrons. The lowest BCUT2D eigenvalue weighted by molar-refractivity contribution is 0.627. The topological polar surface area (TPSA) is 13.1 Å². The van der Waals surface area contributed by atoms with Gasteiger partial charge in [-0.05, 0) is 109 Å². The third-order valence-electron chi connectivity index (χ3n) is 9.09. The Kier molecular flexibility index (Phi) is 6.37. The summed E-state index contributed by atoms with van der Waals surface area (Å²) < 4.78 is 46.8. The van der Waals surface area contributed by atoms with Gasteiger partial charge in [-0.3, -0.25) is 0 Å². The Balaban J connectivity index is 1.40. The van der Waals surface area contributed by atoms with Crippen molar-refractivity contribution in [2.45, 2.75) is 0 Å². The van der Waals surface area contributed by atoms with Crippen LogP contribution in [-0.2, 0) is 0 Å². The van der Waals surface area contributed by atoms with Gasteiger partial charge in [0.05, 0.1) is 33.4 Å². The maximum absolute atomic E-state index is 14.4. The monoisotopic (exact) mass is 629 g/mol. The van der Waals surface area contributed by atoms with E-state index in [1.807, 2.05) is 36.4 Å². The van der Waals surface area contributed by atoms with Crippen LogP contribution in [0.1, 0.15) is 0 Å². The Bertz CT molecular complexity index is 2470. The molecule has 0 saturated carbocycles. The number of para-hydroxylation sites is 2. The summed E-state index contributed by atoms with van der Waals surface area (Å²) in [5, 5.41) is 4.06. The molecule has 0 saturated heterocycles. The van der Waals surface area contributed by atoms with Gasteiger partial charge in [0, 0.05) is 38.6 Å². The molecule has 0 aliphatic heterocycles. The molecule has 9 aromatic rings. The highest BCUT2D eigenvalue weighted by molar-refractivity contribution is 6.20. The fraction of sp³-hybridized carbons (Fsp3) is 0. The van der Waals surface area contributed by atoms with Crippen molar-refractivity contribution in [1.29, 1.82) is 0 Å². The summed E-state index contributed by atoms with van der Waals surface area (Å²) in [6.45, 7) is 0. The average molecular weight is 630 g/mol. The number of rotatable bonds is 5. The lowest BCUT2D eigenvalue weighted by Crippen LogP contribution is -2.11. The smallest absolute Gasteiger partial charge is 0.123 e. The standard InChI is InChI=1S/C42H26F3N3/c43-27-15-21-30(22-16-27)46-35-9-3-1-7-33(35)41-37(46)11-5-13-39(41)48(32-25-19-29(45)20-26-32)40-14-6-12-38-42(40)34-8-2-4-10-36(34)47(38)31-23-17-28(44)18-24-31/h1-26H. The molecule has 9 rings (SSSR count). The predicted molar refractivity (Wildman–Crippen MR) is 190 cm³/mol. The fourth-order valence-electron chi connectivity index (χ4n) is 7.11. The molecule has 6 heteroatoms. The highest BCUT2D eigenvalue weighted by Gasteiger charge is 2.24. The largest absolute Gasteiger partial charge is 0.309 e. The first kappa shape index (κ1) is 28.0. The van der Waals surface area contributed by atoms with Crippen molar-refractivity contribution in [3.63, 3.8) is 0 Å². The van der Waals surface area contributed by atoms with Crippen LogP contribution in [0.25, 0.3) is 55.0 Å². The first-order valence-electron chi connectivity index (χ1n) is 15.7. The first-order chi connectivity index (χ1) is 23.6. The van der Waals surface area contributed by atoms with E-state index in [2.05, 4.69) is 62.6 Å². The maximum atomic E-state index is 14.4. The lowest BCUT2D eigenvalue weighted by atomic mass is 10.1. The summed E-state index contributed by atoms with van der Waals surface area (Å²) in [6, 6.07) is 48.4. The molecule has 0 atom stereocenters. The van der Waals surface area contributed by atoms with E-state index in [1.165, 1.54) is 36.4 Å². The van der Waals surface area contributed by atoms with Gasteiger partial charge < -0.3 is 14.0 Å². The van der Waals surface area contributed by atoms with E-state index in [-0.39, 0.29) is 17.5 Å². The third-order valence-corrected chi connectivity index (χ3v) is 9.09.